The van der Waals surface area contributed by atoms with Crippen molar-refractivity contribution in [3.8, 4) is 5.75 Å². The number of nitrogens with one attached hydrogen (secondary N) is 1. The van der Waals surface area contributed by atoms with Crippen molar-refractivity contribution in [2.24, 2.45) is 5.73 Å². The Hall–Kier alpha value is -4.11. The Morgan fingerprint density at radius 2 is 1.28 bits per heavy atom. The van der Waals surface area contributed by atoms with Gasteiger partial charge in [0, 0.05) is 13.1 Å². The minimum absolute atomic E-state index is 0. The number of nitrogens with zero attached hydrogens (tertiary/aromatic N) is 1. The maximum absolute atomic E-state index is 12.1. The Morgan fingerprint density at radius 1 is 0.793 bits per heavy atom. The number of methoxy groups -OCH3 is 3. The van der Waals surface area contributed by atoms with Gasteiger partial charge in [0.15, 0.2) is 0 Å². The molecule has 310 valence electrons. The van der Waals surface area contributed by atoms with Gasteiger partial charge in [0.25, 0.3) is 6.47 Å². The van der Waals surface area contributed by atoms with Crippen LogP contribution in [0.4, 0.5) is 0 Å². The van der Waals surface area contributed by atoms with E-state index in [0.717, 1.165) is 52.1 Å². The molecule has 3 N–H and O–H groups in total. The summed E-state index contributed by atoms with van der Waals surface area (Å²) in [5.74, 6) is 0.110. The van der Waals surface area contributed by atoms with E-state index in [-0.39, 0.29) is 65.0 Å². The van der Waals surface area contributed by atoms with Crippen LogP contribution in [0.2, 0.25) is 0 Å². The molecule has 0 aliphatic carbocycles. The number of rotatable bonds is 16. The molecule has 11 nitrogen and oxygen atoms in total. The molecule has 1 unspecified atom stereocenters. The maximum Gasteiger partial charge on any atom is 1.00 e. The molecule has 0 aliphatic rings. The molecule has 0 aliphatic heterocycles. The van der Waals surface area contributed by atoms with Crippen molar-refractivity contribution in [1.82, 2.24) is 5.32 Å². The summed E-state index contributed by atoms with van der Waals surface area (Å²) in [5.41, 5.74) is 12.0. The molecule has 0 fully saturated rings. The number of aryl methyl sites for hydroxylation is 1. The second-order valence-corrected chi connectivity index (χ2v) is 12.5. The molecule has 58 heavy (non-hydrogen) atoms. The smallest absolute Gasteiger partial charge is 1.00 e. The van der Waals surface area contributed by atoms with E-state index in [1.54, 1.807) is 7.11 Å². The summed E-state index contributed by atoms with van der Waals surface area (Å²) in [5, 5.41) is 11.8. The van der Waals surface area contributed by atoms with E-state index in [1.807, 2.05) is 103 Å². The van der Waals surface area contributed by atoms with Crippen LogP contribution in [-0.2, 0) is 41.8 Å². The van der Waals surface area contributed by atoms with Gasteiger partial charge in [-0.15, -0.1) is 0 Å². The standard InChI is InChI=1S/C19H21NO3.C18H28NO2.C7H9N.CH2O3.BrH.Na/c1-14(19(21)23-3)18(16-9-11-17(22-2)12-10-16)20-13-15-7-5-4-6-8-15;1-6-19(7-2,8-3)14-17(18(20)21-5)13-16-11-9-15(4)10-12-16;8-6-7-4-2-1-3-5-7;2-1-4-3;;/h4-12,18,20H,1,13H2,2-3H3;9-13H,6-8,14H2,1-5H3;1-5H,6,8H2;1,3H;1H;/q;+1;;;;+1/p-2/b;17-13-;;;;. The summed E-state index contributed by atoms with van der Waals surface area (Å²) in [6.07, 6.45) is 1.96. The van der Waals surface area contributed by atoms with Gasteiger partial charge in [0.2, 0.25) is 0 Å². The van der Waals surface area contributed by atoms with Crippen LogP contribution >= 0.6 is 0 Å². The molecule has 4 aromatic rings. The number of hydrogen-bond donors (Lipinski definition) is 2. The maximum atomic E-state index is 12.1. The second kappa shape index (κ2) is 32.8. The molecule has 1 atom stereocenters. The number of esters is 2. The summed E-state index contributed by atoms with van der Waals surface area (Å²) in [6, 6.07) is 35.4. The fourth-order valence-corrected chi connectivity index (χ4v) is 5.45. The van der Waals surface area contributed by atoms with Crippen LogP contribution in [0, 0.1) is 6.92 Å². The van der Waals surface area contributed by atoms with Gasteiger partial charge < -0.3 is 56.9 Å². The molecule has 13 heteroatoms. The third kappa shape index (κ3) is 21.1. The average Bonchev–Trinajstić information content (AvgIpc) is 3.26. The fraction of sp³-hybridized carbons (Fsp3) is 0.311. The zero-order valence-corrected chi connectivity index (χ0v) is 38.8. The quantitative estimate of drug-likeness (QED) is 0.0306. The fourth-order valence-electron chi connectivity index (χ4n) is 5.45. The first-order chi connectivity index (χ1) is 27.0. The van der Waals surface area contributed by atoms with Crippen molar-refractivity contribution >= 4 is 24.5 Å². The Kier molecular flexibility index (Phi) is 31.7. The average molecular weight is 873 g/mol. The van der Waals surface area contributed by atoms with E-state index in [4.69, 9.17) is 30.0 Å². The first-order valence-electron chi connectivity index (χ1n) is 18.4. The van der Waals surface area contributed by atoms with Gasteiger partial charge in [-0.2, -0.15) is 0 Å². The van der Waals surface area contributed by atoms with Crippen LogP contribution in [-0.4, -0.2) is 70.4 Å². The number of nitrogens with two attached hydrogens (primary N) is 1. The number of likely N-dealkylation sites (N-methyl/N-ethyl adjacent to an activating group) is 1. The molecular weight excluding hydrogens is 813 g/mol. The van der Waals surface area contributed by atoms with Gasteiger partial charge in [-0.1, -0.05) is 109 Å². The van der Waals surface area contributed by atoms with Crippen molar-refractivity contribution < 1.29 is 89.8 Å². The predicted molar refractivity (Wildman–Crippen MR) is 220 cm³/mol. The van der Waals surface area contributed by atoms with Crippen LogP contribution < -0.4 is 67.6 Å². The van der Waals surface area contributed by atoms with E-state index in [0.29, 0.717) is 25.2 Å². The zero-order chi connectivity index (χ0) is 41.8. The molecule has 0 saturated carbocycles. The monoisotopic (exact) mass is 871 g/mol. The second-order valence-electron chi connectivity index (χ2n) is 12.5. The van der Waals surface area contributed by atoms with Crippen LogP contribution in [0.25, 0.3) is 6.08 Å². The number of hydrogen-bond acceptors (Lipinski definition) is 10. The van der Waals surface area contributed by atoms with Crippen LogP contribution in [0.1, 0.15) is 54.6 Å². The first kappa shape index (κ1) is 56.0. The van der Waals surface area contributed by atoms with Crippen LogP contribution in [0.3, 0.4) is 0 Å². The number of quaternary nitrogens is 1. The van der Waals surface area contributed by atoms with E-state index in [2.05, 4.69) is 56.6 Å². The SMILES string of the molecule is C=C(C(=O)OC)C(NCc1ccccc1)c1ccc(OC)cc1.CC[N+](CC)(CC)C/C(=C/c1ccc(C)cc1)C(=O)OC.NCc1ccccc1.O=CO[O-].[Br-].[Na+]. The van der Waals surface area contributed by atoms with Gasteiger partial charge in [-0.3, -0.25) is 4.79 Å². The summed E-state index contributed by atoms with van der Waals surface area (Å²) in [7, 11) is 4.42. The number of ether oxygens (including phenoxy) is 3. The Labute approximate surface area is 377 Å². The van der Waals surface area contributed by atoms with E-state index < -0.39 is 5.97 Å². The predicted octanol–water partition coefficient (Wildman–Crippen LogP) is 0.271. The van der Waals surface area contributed by atoms with Crippen molar-refractivity contribution in [3.63, 3.8) is 0 Å². The minimum atomic E-state index is -0.425. The summed E-state index contributed by atoms with van der Waals surface area (Å²) < 4.78 is 15.8. The van der Waals surface area contributed by atoms with Crippen LogP contribution in [0.15, 0.2) is 127 Å². The van der Waals surface area contributed by atoms with E-state index in [1.165, 1.54) is 25.3 Å². The molecule has 0 radical (unpaired) electrons. The summed E-state index contributed by atoms with van der Waals surface area (Å²) in [4.78, 5) is 35.2. The third-order valence-corrected chi connectivity index (χ3v) is 9.10. The molecular formula is C45H59BrN3NaO8. The largest absolute Gasteiger partial charge is 1.00 e. The topological polar surface area (TPSA) is 149 Å². The Bertz CT molecular complexity index is 1730. The van der Waals surface area contributed by atoms with Gasteiger partial charge in [-0.25, -0.2) is 9.59 Å². The third-order valence-electron chi connectivity index (χ3n) is 9.10. The van der Waals surface area contributed by atoms with E-state index >= 15 is 0 Å². The zero-order valence-electron chi connectivity index (χ0n) is 35.2. The first-order valence-corrected chi connectivity index (χ1v) is 18.4. The normalized spacial score (nSPS) is 10.7. The van der Waals surface area contributed by atoms with Gasteiger partial charge in [-0.05, 0) is 68.2 Å². The number of carbonyl (C=O) groups excluding carboxylic acids is 3. The summed E-state index contributed by atoms with van der Waals surface area (Å²) in [6.45, 7) is 17.3. The molecule has 0 spiro atoms. The van der Waals surface area contributed by atoms with Crippen molar-refractivity contribution in [3.05, 3.63) is 155 Å². The molecule has 0 aromatic heterocycles. The molecule has 0 amide bonds. The minimum Gasteiger partial charge on any atom is -1.00 e. The number of carbonyl (C=O) groups is 3. The van der Waals surface area contributed by atoms with Gasteiger partial charge in [0.05, 0.1) is 58.2 Å². The van der Waals surface area contributed by atoms with Gasteiger partial charge in [0.1, 0.15) is 12.3 Å². The van der Waals surface area contributed by atoms with Crippen molar-refractivity contribution in [2.75, 3.05) is 47.5 Å². The Morgan fingerprint density at radius 3 is 1.67 bits per heavy atom. The van der Waals surface area contributed by atoms with Crippen molar-refractivity contribution in [1.29, 1.82) is 0 Å². The number of benzene rings is 4. The number of halogens is 1. The molecule has 4 rings (SSSR count). The Balaban J connectivity index is 0. The molecule has 0 saturated heterocycles. The van der Waals surface area contributed by atoms with Crippen molar-refractivity contribution in [2.45, 2.75) is 46.8 Å². The van der Waals surface area contributed by atoms with E-state index in [9.17, 15) is 9.59 Å². The molecule has 0 heterocycles. The van der Waals surface area contributed by atoms with Gasteiger partial charge >= 0.3 is 41.5 Å². The molecule has 0 bridgehead atoms. The molecule has 4 aromatic carbocycles. The van der Waals surface area contributed by atoms with Crippen LogP contribution in [0.5, 0.6) is 5.75 Å². The summed E-state index contributed by atoms with van der Waals surface area (Å²) >= 11 is 0.